The number of benzene rings is 3. The standard InChI is InChI=1S/C34H30F2N2O4S/c1-4-17-42-24-15-13-23(14-16-24)32-26(19-37(3)18-22-9-6-5-7-10-22)30-31(39)29(34(40)41)21(2)38(33(30)43-32)20-25-27(35)11-8-12-28(25)36/h4-16H,1,17-20H2,2-3H3,(H,40,41). The molecule has 6 nitrogen and oxygen atoms in total. The molecule has 0 unspecified atom stereocenters. The van der Waals surface area contributed by atoms with Crippen LogP contribution >= 0.6 is 11.3 Å². The van der Waals surface area contributed by atoms with Crippen molar-refractivity contribution < 1.29 is 23.4 Å². The average molecular weight is 601 g/mol. The van der Waals surface area contributed by atoms with Crippen LogP contribution in [0.25, 0.3) is 20.7 Å². The first-order chi connectivity index (χ1) is 20.7. The quantitative estimate of drug-likeness (QED) is 0.162. The van der Waals surface area contributed by atoms with E-state index in [0.29, 0.717) is 35.8 Å². The molecule has 0 spiro atoms. The Morgan fingerprint density at radius 3 is 2.30 bits per heavy atom. The van der Waals surface area contributed by atoms with Crippen LogP contribution in [0, 0.1) is 18.6 Å². The number of nitrogens with zero attached hydrogens (tertiary/aromatic N) is 2. The number of hydrogen-bond acceptors (Lipinski definition) is 5. The molecule has 0 aliphatic carbocycles. The monoisotopic (exact) mass is 600 g/mol. The molecule has 0 atom stereocenters. The first-order valence-corrected chi connectivity index (χ1v) is 14.4. The zero-order chi connectivity index (χ0) is 30.7. The summed E-state index contributed by atoms with van der Waals surface area (Å²) >= 11 is 1.30. The SMILES string of the molecule is C=CCOc1ccc(-c2sc3c(c2CN(C)Cc2ccccc2)c(=O)c(C(=O)O)c(C)n3Cc2c(F)cccc2F)cc1. The molecule has 0 fully saturated rings. The van der Waals surface area contributed by atoms with Crippen molar-refractivity contribution in [1.82, 2.24) is 9.47 Å². The van der Waals surface area contributed by atoms with Crippen LogP contribution in [-0.4, -0.2) is 34.2 Å². The minimum Gasteiger partial charge on any atom is -0.490 e. The highest BCUT2D eigenvalue weighted by Crippen LogP contribution is 2.40. The second-order valence-corrected chi connectivity index (χ2v) is 11.3. The third-order valence-electron chi connectivity index (χ3n) is 7.25. The van der Waals surface area contributed by atoms with Gasteiger partial charge in [-0.05, 0) is 67.1 Å². The van der Waals surface area contributed by atoms with Crippen LogP contribution in [-0.2, 0) is 19.6 Å². The van der Waals surface area contributed by atoms with E-state index in [2.05, 4.69) is 6.58 Å². The lowest BCUT2D eigenvalue weighted by Gasteiger charge is -2.19. The summed E-state index contributed by atoms with van der Waals surface area (Å²) in [6, 6.07) is 20.8. The molecule has 5 rings (SSSR count). The lowest BCUT2D eigenvalue weighted by molar-refractivity contribution is 0.0694. The van der Waals surface area contributed by atoms with Gasteiger partial charge in [0.05, 0.1) is 11.9 Å². The molecule has 43 heavy (non-hydrogen) atoms. The van der Waals surface area contributed by atoms with Gasteiger partial charge in [0, 0.05) is 29.2 Å². The number of carboxylic acids is 1. The van der Waals surface area contributed by atoms with Crippen molar-refractivity contribution in [3.05, 3.63) is 135 Å². The molecule has 5 aromatic rings. The molecule has 9 heteroatoms. The van der Waals surface area contributed by atoms with E-state index < -0.39 is 28.6 Å². The molecule has 1 N–H and O–H groups in total. The summed E-state index contributed by atoms with van der Waals surface area (Å²) in [5.74, 6) is -2.26. The summed E-state index contributed by atoms with van der Waals surface area (Å²) < 4.78 is 36.8. The van der Waals surface area contributed by atoms with E-state index >= 15 is 0 Å². The summed E-state index contributed by atoms with van der Waals surface area (Å²) in [6.45, 7) is 6.14. The van der Waals surface area contributed by atoms with Gasteiger partial charge < -0.3 is 14.4 Å². The van der Waals surface area contributed by atoms with Crippen molar-refractivity contribution >= 4 is 27.5 Å². The fraction of sp³-hybridized carbons (Fsp3) is 0.176. The second kappa shape index (κ2) is 12.7. The number of carboxylic acid groups (broad SMARTS) is 1. The number of pyridine rings is 1. The Morgan fingerprint density at radius 1 is 1.00 bits per heavy atom. The largest absolute Gasteiger partial charge is 0.490 e. The van der Waals surface area contributed by atoms with E-state index in [1.165, 1.54) is 28.9 Å². The van der Waals surface area contributed by atoms with E-state index in [-0.39, 0.29) is 23.2 Å². The number of rotatable bonds is 11. The summed E-state index contributed by atoms with van der Waals surface area (Å²) in [4.78, 5) is 29.6. The molecule has 0 aliphatic heterocycles. The fourth-order valence-corrected chi connectivity index (χ4v) is 6.57. The normalized spacial score (nSPS) is 11.3. The third kappa shape index (κ3) is 6.14. The number of aromatic nitrogens is 1. The minimum atomic E-state index is -1.40. The zero-order valence-electron chi connectivity index (χ0n) is 23.8. The number of thiophene rings is 1. The molecule has 2 heterocycles. The van der Waals surface area contributed by atoms with E-state index in [1.54, 1.807) is 6.08 Å². The van der Waals surface area contributed by atoms with Crippen LogP contribution in [0.4, 0.5) is 8.78 Å². The van der Waals surface area contributed by atoms with Crippen molar-refractivity contribution in [2.45, 2.75) is 26.6 Å². The molecule has 0 bridgehead atoms. The molecule has 0 saturated carbocycles. The summed E-state index contributed by atoms with van der Waals surface area (Å²) in [7, 11) is 1.92. The maximum absolute atomic E-state index is 14.8. The van der Waals surface area contributed by atoms with Crippen LogP contribution < -0.4 is 10.2 Å². The molecule has 0 saturated heterocycles. The van der Waals surface area contributed by atoms with Crippen molar-refractivity contribution in [2.75, 3.05) is 13.7 Å². The number of hydrogen-bond donors (Lipinski definition) is 1. The number of aromatic carboxylic acids is 1. The van der Waals surface area contributed by atoms with E-state index in [9.17, 15) is 23.5 Å². The molecule has 0 radical (unpaired) electrons. The second-order valence-electron chi connectivity index (χ2n) is 10.3. The van der Waals surface area contributed by atoms with Crippen molar-refractivity contribution in [2.24, 2.45) is 0 Å². The van der Waals surface area contributed by atoms with Crippen LogP contribution in [0.1, 0.15) is 32.7 Å². The summed E-state index contributed by atoms with van der Waals surface area (Å²) in [5, 5.41) is 10.3. The average Bonchev–Trinajstić information content (AvgIpc) is 3.35. The molecule has 2 aromatic heterocycles. The first-order valence-electron chi connectivity index (χ1n) is 13.6. The maximum atomic E-state index is 14.8. The van der Waals surface area contributed by atoms with Gasteiger partial charge in [0.2, 0.25) is 5.43 Å². The predicted octanol–water partition coefficient (Wildman–Crippen LogP) is 7.26. The highest BCUT2D eigenvalue weighted by molar-refractivity contribution is 7.22. The van der Waals surface area contributed by atoms with Gasteiger partial charge in [-0.25, -0.2) is 13.6 Å². The smallest absolute Gasteiger partial charge is 0.341 e. The fourth-order valence-electron chi connectivity index (χ4n) is 5.20. The van der Waals surface area contributed by atoms with Gasteiger partial charge >= 0.3 is 5.97 Å². The Kier molecular flexibility index (Phi) is 8.84. The first kappa shape index (κ1) is 29.9. The zero-order valence-corrected chi connectivity index (χ0v) is 24.6. The summed E-state index contributed by atoms with van der Waals surface area (Å²) in [6.07, 6.45) is 1.65. The van der Waals surface area contributed by atoms with Gasteiger partial charge in [-0.2, -0.15) is 0 Å². The Labute approximate surface area is 251 Å². The van der Waals surface area contributed by atoms with Gasteiger partial charge in [0.15, 0.2) is 0 Å². The minimum absolute atomic E-state index is 0.123. The number of halogens is 2. The van der Waals surface area contributed by atoms with Crippen molar-refractivity contribution in [3.8, 4) is 16.2 Å². The van der Waals surface area contributed by atoms with Crippen LogP contribution in [0.15, 0.2) is 90.2 Å². The number of fused-ring (bicyclic) bond motifs is 1. The van der Waals surface area contributed by atoms with Gasteiger partial charge in [-0.15, -0.1) is 11.3 Å². The van der Waals surface area contributed by atoms with Gasteiger partial charge in [0.25, 0.3) is 0 Å². The van der Waals surface area contributed by atoms with Crippen molar-refractivity contribution in [3.63, 3.8) is 0 Å². The molecule has 3 aromatic carbocycles. The van der Waals surface area contributed by atoms with Crippen LogP contribution in [0.2, 0.25) is 0 Å². The van der Waals surface area contributed by atoms with Gasteiger partial charge in [-0.1, -0.05) is 49.1 Å². The van der Waals surface area contributed by atoms with E-state index in [4.69, 9.17) is 4.74 Å². The molecule has 0 amide bonds. The highest BCUT2D eigenvalue weighted by atomic mass is 32.1. The lowest BCUT2D eigenvalue weighted by atomic mass is 10.0. The highest BCUT2D eigenvalue weighted by Gasteiger charge is 2.27. The van der Waals surface area contributed by atoms with Crippen molar-refractivity contribution in [1.29, 1.82) is 0 Å². The maximum Gasteiger partial charge on any atom is 0.341 e. The number of ether oxygens (including phenoxy) is 1. The number of carbonyl (C=O) groups is 1. The topological polar surface area (TPSA) is 71.8 Å². The molecule has 220 valence electrons. The third-order valence-corrected chi connectivity index (χ3v) is 8.56. The molecule has 0 aliphatic rings. The van der Waals surface area contributed by atoms with E-state index in [0.717, 1.165) is 28.1 Å². The van der Waals surface area contributed by atoms with Crippen LogP contribution in [0.5, 0.6) is 5.75 Å². The Balaban J connectivity index is 1.74. The Bertz CT molecular complexity index is 1840. The van der Waals surface area contributed by atoms with E-state index in [1.807, 2.05) is 66.5 Å². The predicted molar refractivity (Wildman–Crippen MR) is 166 cm³/mol. The lowest BCUT2D eigenvalue weighted by Crippen LogP contribution is -2.24. The van der Waals surface area contributed by atoms with Gasteiger partial charge in [-0.3, -0.25) is 9.69 Å². The Morgan fingerprint density at radius 2 is 1.67 bits per heavy atom. The molecular weight excluding hydrogens is 570 g/mol. The van der Waals surface area contributed by atoms with Crippen LogP contribution in [0.3, 0.4) is 0 Å². The Hall–Kier alpha value is -4.60. The van der Waals surface area contributed by atoms with Gasteiger partial charge in [0.1, 0.15) is 34.4 Å². The summed E-state index contributed by atoms with van der Waals surface area (Å²) in [5.41, 5.74) is 1.38. The molecular formula is C34H30F2N2O4S.